The zero-order valence-corrected chi connectivity index (χ0v) is 13.7. The molecular formula is C16H21ClN2O3. The number of aromatic nitrogens is 1. The number of halogens is 1. The SMILES string of the molecule is C[C@@H]1C[C@@]2(CCO1)CN(C(=O)c1cncc(Cl)c1)C[C@@H](C)O2. The van der Waals surface area contributed by atoms with Crippen molar-refractivity contribution in [2.45, 2.75) is 44.5 Å². The Labute approximate surface area is 135 Å². The van der Waals surface area contributed by atoms with E-state index in [1.165, 1.54) is 6.20 Å². The highest BCUT2D eigenvalue weighted by atomic mass is 35.5. The van der Waals surface area contributed by atoms with Gasteiger partial charge in [0.2, 0.25) is 0 Å². The monoisotopic (exact) mass is 324 g/mol. The summed E-state index contributed by atoms with van der Waals surface area (Å²) < 4.78 is 11.8. The molecule has 0 N–H and O–H groups in total. The van der Waals surface area contributed by atoms with Gasteiger partial charge in [-0.1, -0.05) is 11.6 Å². The molecule has 0 bridgehead atoms. The van der Waals surface area contributed by atoms with Crippen LogP contribution < -0.4 is 0 Å². The normalized spacial score (nSPS) is 32.2. The van der Waals surface area contributed by atoms with Crippen LogP contribution in [0, 0.1) is 0 Å². The first-order chi connectivity index (χ1) is 10.5. The number of nitrogens with zero attached hydrogens (tertiary/aromatic N) is 2. The fourth-order valence-electron chi connectivity index (χ4n) is 3.47. The summed E-state index contributed by atoms with van der Waals surface area (Å²) in [5.41, 5.74) is 0.230. The summed E-state index contributed by atoms with van der Waals surface area (Å²) in [6.45, 7) is 5.92. The third kappa shape index (κ3) is 3.26. The van der Waals surface area contributed by atoms with Crippen LogP contribution in [0.2, 0.25) is 5.02 Å². The second-order valence-electron chi connectivity index (χ2n) is 6.32. The van der Waals surface area contributed by atoms with Gasteiger partial charge in [0.15, 0.2) is 0 Å². The summed E-state index contributed by atoms with van der Waals surface area (Å²) in [7, 11) is 0. The Hall–Kier alpha value is -1.17. The predicted octanol–water partition coefficient (Wildman–Crippen LogP) is 2.53. The summed E-state index contributed by atoms with van der Waals surface area (Å²) in [5, 5.41) is 0.474. The minimum Gasteiger partial charge on any atom is -0.378 e. The molecule has 0 radical (unpaired) electrons. The third-order valence-electron chi connectivity index (χ3n) is 4.27. The van der Waals surface area contributed by atoms with Crippen LogP contribution in [-0.2, 0) is 9.47 Å². The molecule has 5 nitrogen and oxygen atoms in total. The van der Waals surface area contributed by atoms with E-state index in [0.29, 0.717) is 30.3 Å². The van der Waals surface area contributed by atoms with Gasteiger partial charge in [-0.25, -0.2) is 0 Å². The lowest BCUT2D eigenvalue weighted by atomic mass is 9.88. The first-order valence-electron chi connectivity index (χ1n) is 7.67. The lowest BCUT2D eigenvalue weighted by molar-refractivity contribution is -0.189. The molecule has 1 amide bonds. The van der Waals surface area contributed by atoms with Gasteiger partial charge in [-0.05, 0) is 19.9 Å². The molecule has 0 saturated carbocycles. The fourth-order valence-corrected chi connectivity index (χ4v) is 3.65. The van der Waals surface area contributed by atoms with E-state index in [1.807, 2.05) is 11.8 Å². The van der Waals surface area contributed by atoms with Gasteiger partial charge in [-0.2, -0.15) is 0 Å². The van der Waals surface area contributed by atoms with E-state index in [0.717, 1.165) is 12.8 Å². The number of rotatable bonds is 1. The molecule has 3 rings (SSSR count). The average Bonchev–Trinajstić information content (AvgIpc) is 2.45. The lowest BCUT2D eigenvalue weighted by Gasteiger charge is -2.48. The molecule has 0 unspecified atom stereocenters. The Morgan fingerprint density at radius 1 is 1.41 bits per heavy atom. The molecule has 1 aromatic rings. The first-order valence-corrected chi connectivity index (χ1v) is 8.04. The van der Waals surface area contributed by atoms with Crippen molar-refractivity contribution in [1.82, 2.24) is 9.88 Å². The van der Waals surface area contributed by atoms with Crippen molar-refractivity contribution >= 4 is 17.5 Å². The van der Waals surface area contributed by atoms with Crippen molar-refractivity contribution in [3.63, 3.8) is 0 Å². The number of carbonyl (C=O) groups is 1. The molecule has 2 fully saturated rings. The van der Waals surface area contributed by atoms with E-state index in [2.05, 4.69) is 11.9 Å². The smallest absolute Gasteiger partial charge is 0.255 e. The Kier molecular flexibility index (Phi) is 4.39. The Morgan fingerprint density at radius 2 is 2.23 bits per heavy atom. The van der Waals surface area contributed by atoms with Crippen molar-refractivity contribution in [2.75, 3.05) is 19.7 Å². The molecule has 0 aliphatic carbocycles. The van der Waals surface area contributed by atoms with Crippen LogP contribution in [-0.4, -0.2) is 53.3 Å². The van der Waals surface area contributed by atoms with E-state index < -0.39 is 0 Å². The second kappa shape index (κ2) is 6.14. The van der Waals surface area contributed by atoms with Gasteiger partial charge >= 0.3 is 0 Å². The van der Waals surface area contributed by atoms with Gasteiger partial charge in [-0.15, -0.1) is 0 Å². The Balaban J connectivity index is 1.80. The molecule has 3 atom stereocenters. The summed E-state index contributed by atoms with van der Waals surface area (Å²) >= 11 is 5.94. The highest BCUT2D eigenvalue weighted by Gasteiger charge is 2.44. The molecule has 3 heterocycles. The van der Waals surface area contributed by atoms with E-state index in [4.69, 9.17) is 21.1 Å². The van der Waals surface area contributed by atoms with Gasteiger partial charge in [-0.3, -0.25) is 9.78 Å². The van der Waals surface area contributed by atoms with Crippen LogP contribution in [0.25, 0.3) is 0 Å². The summed E-state index contributed by atoms with van der Waals surface area (Å²) in [6, 6.07) is 1.66. The largest absolute Gasteiger partial charge is 0.378 e. The van der Waals surface area contributed by atoms with E-state index >= 15 is 0 Å². The molecule has 1 aromatic heterocycles. The Morgan fingerprint density at radius 3 is 2.95 bits per heavy atom. The van der Waals surface area contributed by atoms with Crippen LogP contribution >= 0.6 is 11.6 Å². The molecule has 22 heavy (non-hydrogen) atoms. The minimum atomic E-state index is -0.295. The number of amides is 1. The Bertz CT molecular complexity index is 564. The van der Waals surface area contributed by atoms with Crippen molar-refractivity contribution in [3.05, 3.63) is 29.0 Å². The van der Waals surface area contributed by atoms with Crippen molar-refractivity contribution < 1.29 is 14.3 Å². The molecule has 1 spiro atoms. The maximum atomic E-state index is 12.7. The topological polar surface area (TPSA) is 51.7 Å². The summed E-state index contributed by atoms with van der Waals surface area (Å²) in [5.74, 6) is -0.0383. The number of morpholine rings is 1. The maximum Gasteiger partial charge on any atom is 0.255 e. The van der Waals surface area contributed by atoms with Gasteiger partial charge in [0, 0.05) is 38.4 Å². The molecule has 2 saturated heterocycles. The predicted molar refractivity (Wildman–Crippen MR) is 83.1 cm³/mol. The highest BCUT2D eigenvalue weighted by molar-refractivity contribution is 6.30. The molecular weight excluding hydrogens is 304 g/mol. The molecule has 6 heteroatoms. The number of hydrogen-bond donors (Lipinski definition) is 0. The minimum absolute atomic E-state index is 0.00939. The standard InChI is InChI=1S/C16H21ClN2O3/c1-11-6-16(3-4-21-11)10-19(9-12(2)22-16)15(20)13-5-14(17)8-18-7-13/h5,7-8,11-12H,3-4,6,9-10H2,1-2H3/t11-,12-,16+/m1/s1. The van der Waals surface area contributed by atoms with E-state index in [9.17, 15) is 4.79 Å². The fraction of sp³-hybridized carbons (Fsp3) is 0.625. The van der Waals surface area contributed by atoms with Crippen LogP contribution in [0.4, 0.5) is 0 Å². The molecule has 2 aliphatic heterocycles. The zero-order chi connectivity index (χ0) is 15.7. The molecule has 120 valence electrons. The highest BCUT2D eigenvalue weighted by Crippen LogP contribution is 2.34. The summed E-state index contributed by atoms with van der Waals surface area (Å²) in [6.07, 6.45) is 4.89. The molecule has 0 aromatic carbocycles. The van der Waals surface area contributed by atoms with Gasteiger partial charge < -0.3 is 14.4 Å². The van der Waals surface area contributed by atoms with Gasteiger partial charge in [0.1, 0.15) is 0 Å². The maximum absolute atomic E-state index is 12.7. The van der Waals surface area contributed by atoms with Crippen molar-refractivity contribution in [1.29, 1.82) is 0 Å². The van der Waals surface area contributed by atoms with Crippen LogP contribution in [0.3, 0.4) is 0 Å². The number of hydrogen-bond acceptors (Lipinski definition) is 4. The van der Waals surface area contributed by atoms with Crippen molar-refractivity contribution in [2.24, 2.45) is 0 Å². The molecule has 2 aliphatic rings. The number of carbonyl (C=O) groups excluding carboxylic acids is 1. The first kappa shape index (κ1) is 15.7. The van der Waals surface area contributed by atoms with Crippen LogP contribution in [0.5, 0.6) is 0 Å². The quantitative estimate of drug-likeness (QED) is 0.796. The van der Waals surface area contributed by atoms with E-state index in [-0.39, 0.29) is 23.7 Å². The average molecular weight is 325 g/mol. The summed E-state index contributed by atoms with van der Waals surface area (Å²) in [4.78, 5) is 18.6. The van der Waals surface area contributed by atoms with Gasteiger partial charge in [0.25, 0.3) is 5.91 Å². The number of ether oxygens (including phenoxy) is 2. The van der Waals surface area contributed by atoms with Crippen molar-refractivity contribution in [3.8, 4) is 0 Å². The van der Waals surface area contributed by atoms with Crippen LogP contribution in [0.1, 0.15) is 37.0 Å². The van der Waals surface area contributed by atoms with Crippen LogP contribution in [0.15, 0.2) is 18.5 Å². The number of pyridine rings is 1. The second-order valence-corrected chi connectivity index (χ2v) is 6.76. The lowest BCUT2D eigenvalue weighted by Crippen LogP contribution is -2.59. The van der Waals surface area contributed by atoms with E-state index in [1.54, 1.807) is 12.3 Å². The van der Waals surface area contributed by atoms with Gasteiger partial charge in [0.05, 0.1) is 34.9 Å². The zero-order valence-electron chi connectivity index (χ0n) is 12.9. The third-order valence-corrected chi connectivity index (χ3v) is 4.47.